The molecule has 2 heterocycles. The van der Waals surface area contributed by atoms with Crippen LogP contribution in [0.5, 0.6) is 0 Å². The average Bonchev–Trinajstić information content (AvgIpc) is 3.54. The van der Waals surface area contributed by atoms with E-state index >= 15 is 0 Å². The first-order valence-corrected chi connectivity index (χ1v) is 11.9. The fourth-order valence-corrected chi connectivity index (χ4v) is 5.44. The summed E-state index contributed by atoms with van der Waals surface area (Å²) in [5.41, 5.74) is 3.26. The molecular formula is C25H23N3O6S. The highest BCUT2D eigenvalue weighted by Crippen LogP contribution is 2.44. The molecule has 3 aromatic rings. The average molecular weight is 494 g/mol. The molecule has 1 aliphatic carbocycles. The Bertz CT molecular complexity index is 1270. The number of nitrogens with zero attached hydrogens (tertiary/aromatic N) is 1. The number of hydrogen-bond donors (Lipinski definition) is 3. The summed E-state index contributed by atoms with van der Waals surface area (Å²) >= 11 is 0.876. The van der Waals surface area contributed by atoms with Crippen molar-refractivity contribution in [1.82, 2.24) is 9.69 Å². The van der Waals surface area contributed by atoms with Gasteiger partial charge in [-0.3, -0.25) is 4.79 Å². The number of anilines is 1. The summed E-state index contributed by atoms with van der Waals surface area (Å²) in [5, 5.41) is 14.8. The Kier molecular flexibility index (Phi) is 6.00. The van der Waals surface area contributed by atoms with Gasteiger partial charge in [-0.15, -0.1) is 0 Å². The predicted octanol–water partition coefficient (Wildman–Crippen LogP) is 3.79. The van der Waals surface area contributed by atoms with Crippen LogP contribution in [-0.2, 0) is 14.3 Å². The Labute approximate surface area is 205 Å². The van der Waals surface area contributed by atoms with Crippen molar-refractivity contribution in [2.24, 2.45) is 0 Å². The van der Waals surface area contributed by atoms with Crippen molar-refractivity contribution in [2.75, 3.05) is 25.1 Å². The standard InChI is InChI=1S/C25H23N3O6S/c1-14-20(22(29)30)21(35-28-14)26-23(31)25(10-11-33-13-25)27-24(32)34-12-19-17-8-4-2-6-15(17)16-7-3-5-9-18(16)19/h2-9,19H,10-13H2,1H3,(H,26,31)(H,27,32)(H,29,30). The van der Waals surface area contributed by atoms with E-state index in [0.717, 1.165) is 33.8 Å². The lowest BCUT2D eigenvalue weighted by Crippen LogP contribution is -2.57. The van der Waals surface area contributed by atoms with Gasteiger partial charge < -0.3 is 25.2 Å². The zero-order valence-corrected chi connectivity index (χ0v) is 19.7. The van der Waals surface area contributed by atoms with Gasteiger partial charge in [-0.25, -0.2) is 9.59 Å². The van der Waals surface area contributed by atoms with Gasteiger partial charge in [-0.2, -0.15) is 4.37 Å². The lowest BCUT2D eigenvalue weighted by atomic mass is 9.97. The lowest BCUT2D eigenvalue weighted by Gasteiger charge is -2.27. The number of benzene rings is 2. The first-order chi connectivity index (χ1) is 16.9. The predicted molar refractivity (Wildman–Crippen MR) is 129 cm³/mol. The fourth-order valence-electron chi connectivity index (χ4n) is 4.66. The maximum atomic E-state index is 13.2. The smallest absolute Gasteiger partial charge is 0.408 e. The first-order valence-electron chi connectivity index (χ1n) is 11.1. The van der Waals surface area contributed by atoms with Crippen molar-refractivity contribution < 1.29 is 29.0 Å². The Morgan fingerprint density at radius 2 is 1.80 bits per heavy atom. The summed E-state index contributed by atoms with van der Waals surface area (Å²) in [6.45, 7) is 1.88. The quantitative estimate of drug-likeness (QED) is 0.477. The number of hydrogen-bond acceptors (Lipinski definition) is 7. The van der Waals surface area contributed by atoms with Crippen molar-refractivity contribution >= 4 is 34.5 Å². The summed E-state index contributed by atoms with van der Waals surface area (Å²) in [7, 11) is 0. The number of carboxylic acid groups (broad SMARTS) is 1. The minimum absolute atomic E-state index is 0.0524. The van der Waals surface area contributed by atoms with Gasteiger partial charge >= 0.3 is 12.1 Å². The van der Waals surface area contributed by atoms with Crippen molar-refractivity contribution in [3.63, 3.8) is 0 Å². The molecule has 1 unspecified atom stereocenters. The van der Waals surface area contributed by atoms with Crippen LogP contribution in [0.2, 0.25) is 0 Å². The largest absolute Gasteiger partial charge is 0.478 e. The van der Waals surface area contributed by atoms with Crippen LogP contribution < -0.4 is 10.6 Å². The van der Waals surface area contributed by atoms with Gasteiger partial charge in [0.2, 0.25) is 0 Å². The molecule has 0 radical (unpaired) electrons. The van der Waals surface area contributed by atoms with E-state index in [9.17, 15) is 19.5 Å². The molecule has 2 aromatic carbocycles. The van der Waals surface area contributed by atoms with E-state index < -0.39 is 23.5 Å². The number of rotatable bonds is 6. The molecule has 1 saturated heterocycles. The van der Waals surface area contributed by atoms with Crippen LogP contribution in [-0.4, -0.2) is 52.8 Å². The van der Waals surface area contributed by atoms with Gasteiger partial charge in [-0.05, 0) is 40.7 Å². The van der Waals surface area contributed by atoms with E-state index in [0.29, 0.717) is 5.69 Å². The Morgan fingerprint density at radius 1 is 1.14 bits per heavy atom. The number of carbonyl (C=O) groups is 3. The summed E-state index contributed by atoms with van der Waals surface area (Å²) in [6.07, 6.45) is -0.519. The molecule has 1 atom stereocenters. The van der Waals surface area contributed by atoms with Gasteiger partial charge in [-0.1, -0.05) is 48.5 Å². The molecule has 3 N–H and O–H groups in total. The zero-order valence-electron chi connectivity index (χ0n) is 18.9. The Morgan fingerprint density at radius 3 is 2.40 bits per heavy atom. The van der Waals surface area contributed by atoms with E-state index in [-0.39, 0.29) is 42.7 Å². The number of aromatic carboxylic acids is 1. The normalized spacial score (nSPS) is 18.5. The van der Waals surface area contributed by atoms with Crippen molar-refractivity contribution in [3.8, 4) is 11.1 Å². The second-order valence-corrected chi connectivity index (χ2v) is 9.34. The topological polar surface area (TPSA) is 127 Å². The molecule has 0 spiro atoms. The van der Waals surface area contributed by atoms with E-state index in [1.165, 1.54) is 0 Å². The molecule has 180 valence electrons. The number of carboxylic acids is 1. The molecule has 9 nitrogen and oxygen atoms in total. The monoisotopic (exact) mass is 493 g/mol. The third-order valence-electron chi connectivity index (χ3n) is 6.44. The van der Waals surface area contributed by atoms with E-state index in [1.807, 2.05) is 36.4 Å². The molecule has 5 rings (SSSR count). The van der Waals surface area contributed by atoms with Crippen LogP contribution in [0, 0.1) is 6.92 Å². The van der Waals surface area contributed by atoms with Gasteiger partial charge in [0.15, 0.2) is 0 Å². The van der Waals surface area contributed by atoms with Crippen LogP contribution in [0.1, 0.15) is 39.5 Å². The van der Waals surface area contributed by atoms with Crippen LogP contribution in [0.3, 0.4) is 0 Å². The number of fused-ring (bicyclic) bond motifs is 3. The zero-order chi connectivity index (χ0) is 24.6. The molecule has 35 heavy (non-hydrogen) atoms. The molecule has 1 aliphatic heterocycles. The second-order valence-electron chi connectivity index (χ2n) is 8.57. The van der Waals surface area contributed by atoms with Crippen molar-refractivity contribution in [2.45, 2.75) is 24.8 Å². The highest BCUT2D eigenvalue weighted by atomic mass is 32.1. The van der Waals surface area contributed by atoms with Crippen LogP contribution in [0.4, 0.5) is 9.80 Å². The minimum Gasteiger partial charge on any atom is -0.478 e. The van der Waals surface area contributed by atoms with Crippen LogP contribution >= 0.6 is 11.5 Å². The van der Waals surface area contributed by atoms with E-state index in [1.54, 1.807) is 6.92 Å². The molecule has 2 amide bonds. The number of aryl methyl sites for hydroxylation is 1. The maximum absolute atomic E-state index is 13.2. The first kappa shape index (κ1) is 23.0. The molecule has 2 aliphatic rings. The summed E-state index contributed by atoms with van der Waals surface area (Å²) in [4.78, 5) is 37.6. The summed E-state index contributed by atoms with van der Waals surface area (Å²) in [5.74, 6) is -1.88. The minimum atomic E-state index is -1.38. The number of nitrogens with one attached hydrogen (secondary N) is 2. The number of carbonyl (C=O) groups excluding carboxylic acids is 2. The third kappa shape index (κ3) is 4.15. The molecule has 10 heteroatoms. The Balaban J connectivity index is 1.30. The number of alkyl carbamates (subject to hydrolysis) is 1. The lowest BCUT2D eigenvalue weighted by molar-refractivity contribution is -0.122. The van der Waals surface area contributed by atoms with Crippen molar-refractivity contribution in [3.05, 3.63) is 70.9 Å². The van der Waals surface area contributed by atoms with E-state index in [4.69, 9.17) is 9.47 Å². The van der Waals surface area contributed by atoms with E-state index in [2.05, 4.69) is 27.1 Å². The summed E-state index contributed by atoms with van der Waals surface area (Å²) in [6, 6.07) is 16.0. The molecule has 1 fully saturated rings. The number of aromatic nitrogens is 1. The van der Waals surface area contributed by atoms with Gasteiger partial charge in [0, 0.05) is 18.9 Å². The number of amides is 2. The van der Waals surface area contributed by atoms with Crippen LogP contribution in [0.15, 0.2) is 48.5 Å². The highest BCUT2D eigenvalue weighted by molar-refractivity contribution is 7.11. The number of ether oxygens (including phenoxy) is 2. The molecular weight excluding hydrogens is 470 g/mol. The fraction of sp³-hybridized carbons (Fsp3) is 0.280. The second kappa shape index (κ2) is 9.12. The van der Waals surface area contributed by atoms with Gasteiger partial charge in [0.25, 0.3) is 5.91 Å². The van der Waals surface area contributed by atoms with Crippen molar-refractivity contribution in [1.29, 1.82) is 0 Å². The summed E-state index contributed by atoms with van der Waals surface area (Å²) < 4.78 is 15.0. The van der Waals surface area contributed by atoms with Gasteiger partial charge in [0.1, 0.15) is 22.7 Å². The Hall–Kier alpha value is -3.76. The van der Waals surface area contributed by atoms with Crippen LogP contribution in [0.25, 0.3) is 11.1 Å². The molecule has 0 bridgehead atoms. The highest BCUT2D eigenvalue weighted by Gasteiger charge is 2.45. The van der Waals surface area contributed by atoms with Gasteiger partial charge in [0.05, 0.1) is 12.3 Å². The third-order valence-corrected chi connectivity index (χ3v) is 7.30. The molecule has 0 saturated carbocycles. The SMILES string of the molecule is Cc1nsc(NC(=O)C2(NC(=O)OCC3c4ccccc4-c4ccccc43)CCOC2)c1C(=O)O. The maximum Gasteiger partial charge on any atom is 0.408 e. The molecule has 1 aromatic heterocycles.